The van der Waals surface area contributed by atoms with Crippen LogP contribution in [0.3, 0.4) is 0 Å². The number of amides is 1. The van der Waals surface area contributed by atoms with Crippen molar-refractivity contribution in [2.75, 3.05) is 44.2 Å². The summed E-state index contributed by atoms with van der Waals surface area (Å²) in [6.45, 7) is 6.37. The summed E-state index contributed by atoms with van der Waals surface area (Å²) in [5.41, 5.74) is 4.86. The van der Waals surface area contributed by atoms with Crippen LogP contribution in [0.25, 0.3) is 11.8 Å². The molecule has 7 nitrogen and oxygen atoms in total. The molecule has 3 aromatic rings. The van der Waals surface area contributed by atoms with Crippen molar-refractivity contribution in [1.82, 2.24) is 14.9 Å². The average molecular weight is 541 g/mol. The van der Waals surface area contributed by atoms with Gasteiger partial charge in [-0.25, -0.2) is 9.37 Å². The van der Waals surface area contributed by atoms with E-state index in [1.54, 1.807) is 19.5 Å². The molecule has 1 aliphatic rings. The lowest BCUT2D eigenvalue weighted by Gasteiger charge is -2.32. The Bertz CT molecular complexity index is 1290. The van der Waals surface area contributed by atoms with E-state index in [2.05, 4.69) is 15.2 Å². The van der Waals surface area contributed by atoms with Gasteiger partial charge < -0.3 is 24.3 Å². The van der Waals surface area contributed by atoms with E-state index in [1.807, 2.05) is 48.9 Å². The number of nitrogens with zero attached hydrogens (tertiary/aromatic N) is 3. The van der Waals surface area contributed by atoms with Gasteiger partial charge in [-0.2, -0.15) is 0 Å². The first kappa shape index (κ1) is 27.7. The molecule has 1 fully saturated rings. The largest absolute Gasteiger partial charge is 0.495 e. The highest BCUT2D eigenvalue weighted by Crippen LogP contribution is 2.30. The van der Waals surface area contributed by atoms with E-state index >= 15 is 0 Å². The zero-order valence-electron chi connectivity index (χ0n) is 22.0. The number of morpholine rings is 1. The molecule has 1 unspecified atom stereocenters. The standard InChI is InChI=1S/C29H34ClFN4O3/c1-20-18-35(19-32-20)26-9-6-22(16-28(26)37-3)15-23(5-4-10-30)29(36)33-21(2)25-8-7-24(31)17-27(25)34-11-13-38-14-12-34/h6-9,15-19,21H,4-5,10-14H2,1-3H3,(H,33,36). The molecule has 2 aromatic carbocycles. The van der Waals surface area contributed by atoms with E-state index in [1.165, 1.54) is 12.1 Å². The van der Waals surface area contributed by atoms with Gasteiger partial charge >= 0.3 is 0 Å². The summed E-state index contributed by atoms with van der Waals surface area (Å²) in [6.07, 6.45) is 6.72. The molecule has 1 amide bonds. The number of imidazole rings is 1. The van der Waals surface area contributed by atoms with Gasteiger partial charge in [0.1, 0.15) is 11.6 Å². The third-order valence-corrected chi connectivity index (χ3v) is 6.83. The van der Waals surface area contributed by atoms with Crippen molar-refractivity contribution in [2.24, 2.45) is 0 Å². The van der Waals surface area contributed by atoms with E-state index < -0.39 is 0 Å². The number of aryl methyl sites for hydroxylation is 1. The van der Waals surface area contributed by atoms with E-state index in [0.29, 0.717) is 56.3 Å². The van der Waals surface area contributed by atoms with Crippen LogP contribution >= 0.6 is 11.6 Å². The van der Waals surface area contributed by atoms with Crippen molar-refractivity contribution in [1.29, 1.82) is 0 Å². The number of hydrogen-bond acceptors (Lipinski definition) is 5. The zero-order valence-corrected chi connectivity index (χ0v) is 22.8. The summed E-state index contributed by atoms with van der Waals surface area (Å²) in [5, 5.41) is 3.12. The first-order valence-corrected chi connectivity index (χ1v) is 13.3. The van der Waals surface area contributed by atoms with Crippen molar-refractivity contribution in [3.05, 3.63) is 77.1 Å². The van der Waals surface area contributed by atoms with Gasteiger partial charge in [0.2, 0.25) is 5.91 Å². The van der Waals surface area contributed by atoms with E-state index in [-0.39, 0.29) is 17.8 Å². The highest BCUT2D eigenvalue weighted by Gasteiger charge is 2.21. The minimum atomic E-state index is -0.332. The van der Waals surface area contributed by atoms with Gasteiger partial charge in [0.15, 0.2) is 0 Å². The molecule has 2 heterocycles. The normalized spacial score (nSPS) is 14.9. The minimum Gasteiger partial charge on any atom is -0.495 e. The highest BCUT2D eigenvalue weighted by atomic mass is 35.5. The fraction of sp³-hybridized carbons (Fsp3) is 0.379. The lowest BCUT2D eigenvalue weighted by molar-refractivity contribution is -0.118. The number of halogens is 2. The number of carbonyl (C=O) groups is 1. The van der Waals surface area contributed by atoms with Gasteiger partial charge in [-0.1, -0.05) is 12.1 Å². The molecule has 4 rings (SSSR count). The number of hydrogen-bond donors (Lipinski definition) is 1. The fourth-order valence-corrected chi connectivity index (χ4v) is 4.72. The lowest BCUT2D eigenvalue weighted by Crippen LogP contribution is -2.38. The maximum atomic E-state index is 14.2. The Balaban J connectivity index is 1.58. The summed E-state index contributed by atoms with van der Waals surface area (Å²) in [6, 6.07) is 10.2. The maximum absolute atomic E-state index is 14.2. The molecule has 1 saturated heterocycles. The number of nitrogens with one attached hydrogen (secondary N) is 1. The molecule has 0 bridgehead atoms. The number of ether oxygens (including phenoxy) is 2. The topological polar surface area (TPSA) is 68.6 Å². The van der Waals surface area contributed by atoms with Gasteiger partial charge in [-0.05, 0) is 68.2 Å². The SMILES string of the molecule is COc1cc(C=C(CCCCl)C(=O)NC(C)c2ccc(F)cc2N2CCOCC2)ccc1-n1cnc(C)c1. The van der Waals surface area contributed by atoms with E-state index in [4.69, 9.17) is 21.1 Å². The van der Waals surface area contributed by atoms with Gasteiger partial charge in [0.05, 0.1) is 44.1 Å². The number of alkyl halides is 1. The third-order valence-electron chi connectivity index (χ3n) is 6.56. The van der Waals surface area contributed by atoms with Crippen LogP contribution < -0.4 is 15.0 Å². The van der Waals surface area contributed by atoms with Crippen molar-refractivity contribution in [3.8, 4) is 11.4 Å². The number of anilines is 1. The molecule has 0 saturated carbocycles. The number of aromatic nitrogens is 2. The molecule has 202 valence electrons. The third kappa shape index (κ3) is 6.74. The first-order valence-electron chi connectivity index (χ1n) is 12.8. The molecule has 38 heavy (non-hydrogen) atoms. The Morgan fingerprint density at radius 3 is 2.71 bits per heavy atom. The molecular formula is C29H34ClFN4O3. The van der Waals surface area contributed by atoms with Crippen LogP contribution in [0.15, 0.2) is 54.5 Å². The van der Waals surface area contributed by atoms with Crippen LogP contribution in [-0.2, 0) is 9.53 Å². The molecule has 1 atom stereocenters. The van der Waals surface area contributed by atoms with Crippen LogP contribution in [0.2, 0.25) is 0 Å². The predicted octanol–water partition coefficient (Wildman–Crippen LogP) is 5.44. The van der Waals surface area contributed by atoms with Gasteiger partial charge in [0, 0.05) is 36.4 Å². The zero-order chi connectivity index (χ0) is 27.1. The summed E-state index contributed by atoms with van der Waals surface area (Å²) < 4.78 is 27.1. The highest BCUT2D eigenvalue weighted by molar-refractivity contribution is 6.17. The molecule has 0 radical (unpaired) electrons. The van der Waals surface area contributed by atoms with E-state index in [0.717, 1.165) is 28.2 Å². The number of methoxy groups -OCH3 is 1. The van der Waals surface area contributed by atoms with Crippen LogP contribution in [0.1, 0.15) is 42.6 Å². The smallest absolute Gasteiger partial charge is 0.247 e. The average Bonchev–Trinajstić information content (AvgIpc) is 3.37. The predicted molar refractivity (Wildman–Crippen MR) is 149 cm³/mol. The second kappa shape index (κ2) is 12.9. The Morgan fingerprint density at radius 2 is 2.03 bits per heavy atom. The van der Waals surface area contributed by atoms with Crippen LogP contribution in [-0.4, -0.2) is 54.8 Å². The van der Waals surface area contributed by atoms with Crippen LogP contribution in [0.5, 0.6) is 5.75 Å². The summed E-state index contributed by atoms with van der Waals surface area (Å²) in [5.74, 6) is 0.623. The number of rotatable bonds is 10. The van der Waals surface area contributed by atoms with Crippen LogP contribution in [0, 0.1) is 12.7 Å². The fourth-order valence-electron chi connectivity index (χ4n) is 4.59. The van der Waals surface area contributed by atoms with Crippen molar-refractivity contribution >= 4 is 29.3 Å². The Hall–Kier alpha value is -3.36. The second-order valence-electron chi connectivity index (χ2n) is 9.31. The minimum absolute atomic E-state index is 0.187. The number of benzene rings is 2. The molecule has 1 aromatic heterocycles. The number of carbonyl (C=O) groups excluding carboxylic acids is 1. The monoisotopic (exact) mass is 540 g/mol. The van der Waals surface area contributed by atoms with Crippen molar-refractivity contribution < 1.29 is 18.7 Å². The summed E-state index contributed by atoms with van der Waals surface area (Å²) in [7, 11) is 1.62. The van der Waals surface area contributed by atoms with Crippen LogP contribution in [0.4, 0.5) is 10.1 Å². The molecular weight excluding hydrogens is 507 g/mol. The van der Waals surface area contributed by atoms with Gasteiger partial charge in [-0.15, -0.1) is 11.6 Å². The van der Waals surface area contributed by atoms with Gasteiger partial charge in [-0.3, -0.25) is 4.79 Å². The van der Waals surface area contributed by atoms with Crippen molar-refractivity contribution in [2.45, 2.75) is 32.7 Å². The summed E-state index contributed by atoms with van der Waals surface area (Å²) in [4.78, 5) is 19.9. The lowest BCUT2D eigenvalue weighted by atomic mass is 10.0. The maximum Gasteiger partial charge on any atom is 0.247 e. The Kier molecular flexibility index (Phi) is 9.42. The van der Waals surface area contributed by atoms with Crippen molar-refractivity contribution in [3.63, 3.8) is 0 Å². The van der Waals surface area contributed by atoms with E-state index in [9.17, 15) is 9.18 Å². The molecule has 1 N–H and O–H groups in total. The molecule has 9 heteroatoms. The van der Waals surface area contributed by atoms with Gasteiger partial charge in [0.25, 0.3) is 0 Å². The molecule has 1 aliphatic heterocycles. The second-order valence-corrected chi connectivity index (χ2v) is 9.69. The Morgan fingerprint density at radius 1 is 1.24 bits per heavy atom. The first-order chi connectivity index (χ1) is 18.4. The Labute approximate surface area is 228 Å². The quantitative estimate of drug-likeness (QED) is 0.274. The molecule has 0 aliphatic carbocycles. The molecule has 0 spiro atoms. The summed E-state index contributed by atoms with van der Waals surface area (Å²) >= 11 is 5.98.